The van der Waals surface area contributed by atoms with E-state index >= 15 is 0 Å². The highest BCUT2D eigenvalue weighted by atomic mass is 32.2. The number of likely N-dealkylation sites (tertiary alicyclic amines) is 1. The van der Waals surface area contributed by atoms with E-state index in [1.807, 2.05) is 11.8 Å². The molecule has 3 nitrogen and oxygen atoms in total. The molecule has 130 valence electrons. The maximum absolute atomic E-state index is 12.7. The highest BCUT2D eigenvalue weighted by molar-refractivity contribution is 7.99. The number of allylic oxidation sites excluding steroid dienone is 2. The van der Waals surface area contributed by atoms with Crippen LogP contribution in [0.1, 0.15) is 65.7 Å². The first-order chi connectivity index (χ1) is 11.1. The van der Waals surface area contributed by atoms with Crippen molar-refractivity contribution < 1.29 is 9.59 Å². The lowest BCUT2D eigenvalue weighted by Crippen LogP contribution is -2.32. The summed E-state index contributed by atoms with van der Waals surface area (Å²) >= 11 is 1.92. The van der Waals surface area contributed by atoms with Crippen LogP contribution in [0.15, 0.2) is 11.3 Å². The molecule has 2 fully saturated rings. The van der Waals surface area contributed by atoms with Gasteiger partial charge >= 0.3 is 0 Å². The van der Waals surface area contributed by atoms with Crippen molar-refractivity contribution >= 4 is 23.3 Å². The van der Waals surface area contributed by atoms with Crippen molar-refractivity contribution in [3.8, 4) is 0 Å². The Bertz CT molecular complexity index is 446. The first-order valence-corrected chi connectivity index (χ1v) is 10.3. The van der Waals surface area contributed by atoms with Gasteiger partial charge in [0, 0.05) is 36.9 Å². The number of carbonyl (C=O) groups is 2. The number of Topliss-reactive ketones (excluding diaryl/α,β-unsaturated/α-hetero) is 2. The third kappa shape index (κ3) is 4.85. The molecular formula is C19H31NO2S. The van der Waals surface area contributed by atoms with Gasteiger partial charge in [-0.05, 0) is 37.4 Å². The van der Waals surface area contributed by atoms with Crippen molar-refractivity contribution in [2.75, 3.05) is 18.8 Å². The molecule has 4 heteroatoms. The lowest BCUT2D eigenvalue weighted by atomic mass is 9.80. The van der Waals surface area contributed by atoms with Crippen LogP contribution in [0, 0.1) is 5.92 Å². The molecule has 0 amide bonds. The molecule has 0 spiro atoms. The quantitative estimate of drug-likeness (QED) is 0.515. The summed E-state index contributed by atoms with van der Waals surface area (Å²) < 4.78 is 0. The van der Waals surface area contributed by atoms with Crippen molar-refractivity contribution in [1.82, 2.24) is 4.90 Å². The van der Waals surface area contributed by atoms with Crippen molar-refractivity contribution in [2.24, 2.45) is 5.92 Å². The highest BCUT2D eigenvalue weighted by Crippen LogP contribution is 2.33. The molecule has 1 aliphatic heterocycles. The fourth-order valence-corrected chi connectivity index (χ4v) is 4.91. The summed E-state index contributed by atoms with van der Waals surface area (Å²) in [5.41, 5.74) is 1.61. The van der Waals surface area contributed by atoms with E-state index in [-0.39, 0.29) is 17.5 Å². The largest absolute Gasteiger partial charge is 0.374 e. The molecule has 0 aromatic heterocycles. The number of nitrogens with zero attached hydrogens (tertiary/aromatic N) is 1. The molecule has 0 aromatic rings. The van der Waals surface area contributed by atoms with Gasteiger partial charge in [0.2, 0.25) is 0 Å². The molecule has 0 bridgehead atoms. The fourth-order valence-electron chi connectivity index (χ4n) is 3.93. The maximum Gasteiger partial charge on any atom is 0.168 e. The Morgan fingerprint density at radius 3 is 2.30 bits per heavy atom. The van der Waals surface area contributed by atoms with Crippen LogP contribution in [0.3, 0.4) is 0 Å². The van der Waals surface area contributed by atoms with Gasteiger partial charge in [-0.3, -0.25) is 9.59 Å². The van der Waals surface area contributed by atoms with Gasteiger partial charge in [0.25, 0.3) is 0 Å². The van der Waals surface area contributed by atoms with E-state index in [0.29, 0.717) is 23.7 Å². The van der Waals surface area contributed by atoms with Crippen LogP contribution in [0.25, 0.3) is 0 Å². The van der Waals surface area contributed by atoms with E-state index in [0.717, 1.165) is 43.8 Å². The molecule has 1 atom stereocenters. The second-order valence-corrected chi connectivity index (χ2v) is 8.60. The summed E-state index contributed by atoms with van der Waals surface area (Å²) in [5, 5.41) is 0.532. The minimum absolute atomic E-state index is 0.107. The van der Waals surface area contributed by atoms with Gasteiger partial charge in [-0.25, -0.2) is 0 Å². The Hall–Kier alpha value is -0.770. The van der Waals surface area contributed by atoms with Crippen molar-refractivity contribution in [3.05, 3.63) is 11.3 Å². The Morgan fingerprint density at radius 1 is 1.17 bits per heavy atom. The molecule has 1 aliphatic carbocycles. The number of hydrogen-bond donors (Lipinski definition) is 0. The van der Waals surface area contributed by atoms with Gasteiger partial charge in [-0.15, -0.1) is 0 Å². The average molecular weight is 338 g/mol. The lowest BCUT2D eigenvalue weighted by molar-refractivity contribution is -0.125. The molecule has 2 aliphatic rings. The SMILES string of the molecule is CCCC(=C1C(=O)CC(C[C@H](C)SCC)CC1=O)N1CCCC1. The number of rotatable bonds is 7. The van der Waals surface area contributed by atoms with Crippen LogP contribution in [0.5, 0.6) is 0 Å². The summed E-state index contributed by atoms with van der Waals surface area (Å²) in [5.74, 6) is 1.55. The second-order valence-electron chi connectivity index (χ2n) is 6.89. The summed E-state index contributed by atoms with van der Waals surface area (Å²) in [6.07, 6.45) is 6.32. The zero-order valence-corrected chi connectivity index (χ0v) is 15.7. The summed E-state index contributed by atoms with van der Waals surface area (Å²) in [7, 11) is 0. The standard InChI is InChI=1S/C19H31NO2S/c1-4-8-16(20-9-6-7-10-20)19-17(21)12-15(13-18(19)22)11-14(3)23-5-2/h14-15H,4-13H2,1-3H3/t14-,15?/m0/s1. The van der Waals surface area contributed by atoms with Crippen LogP contribution < -0.4 is 0 Å². The molecule has 23 heavy (non-hydrogen) atoms. The van der Waals surface area contributed by atoms with Gasteiger partial charge in [0.05, 0.1) is 5.57 Å². The van der Waals surface area contributed by atoms with E-state index in [9.17, 15) is 9.59 Å². The number of ketones is 2. The van der Waals surface area contributed by atoms with Gasteiger partial charge in [0.1, 0.15) is 0 Å². The minimum atomic E-state index is 0.107. The van der Waals surface area contributed by atoms with E-state index in [1.54, 1.807) is 0 Å². The Balaban J connectivity index is 2.12. The third-order valence-corrected chi connectivity index (χ3v) is 5.98. The molecule has 0 N–H and O–H groups in total. The van der Waals surface area contributed by atoms with Gasteiger partial charge in [-0.2, -0.15) is 11.8 Å². The smallest absolute Gasteiger partial charge is 0.168 e. The zero-order chi connectivity index (χ0) is 16.8. The first-order valence-electron chi connectivity index (χ1n) is 9.22. The predicted molar refractivity (Wildman–Crippen MR) is 97.7 cm³/mol. The van der Waals surface area contributed by atoms with Gasteiger partial charge < -0.3 is 4.90 Å². The summed E-state index contributed by atoms with van der Waals surface area (Å²) in [6.45, 7) is 8.51. The predicted octanol–water partition coefficient (Wildman–Crippen LogP) is 4.22. The van der Waals surface area contributed by atoms with E-state index in [1.165, 1.54) is 12.8 Å². The summed E-state index contributed by atoms with van der Waals surface area (Å²) in [4.78, 5) is 27.7. The van der Waals surface area contributed by atoms with Crippen molar-refractivity contribution in [2.45, 2.75) is 71.0 Å². The van der Waals surface area contributed by atoms with Gasteiger partial charge in [0.15, 0.2) is 11.6 Å². The topological polar surface area (TPSA) is 37.4 Å². The van der Waals surface area contributed by atoms with Crippen molar-refractivity contribution in [3.63, 3.8) is 0 Å². The Kier molecular flexibility index (Phi) is 7.19. The number of carbonyl (C=O) groups excluding carboxylic acids is 2. The molecule has 0 radical (unpaired) electrons. The van der Waals surface area contributed by atoms with Crippen LogP contribution in [0.4, 0.5) is 0 Å². The monoisotopic (exact) mass is 337 g/mol. The molecule has 0 aromatic carbocycles. The molecular weight excluding hydrogens is 306 g/mol. The fraction of sp³-hybridized carbons (Fsp3) is 0.789. The number of thioether (sulfide) groups is 1. The maximum atomic E-state index is 12.7. The Morgan fingerprint density at radius 2 is 1.78 bits per heavy atom. The zero-order valence-electron chi connectivity index (χ0n) is 14.9. The van der Waals surface area contributed by atoms with E-state index < -0.39 is 0 Å². The van der Waals surface area contributed by atoms with E-state index in [4.69, 9.17) is 0 Å². The second kappa shape index (κ2) is 8.91. The molecule has 1 saturated carbocycles. The van der Waals surface area contributed by atoms with Crippen LogP contribution in [0.2, 0.25) is 0 Å². The van der Waals surface area contributed by atoms with Crippen LogP contribution >= 0.6 is 11.8 Å². The average Bonchev–Trinajstić information content (AvgIpc) is 2.99. The summed E-state index contributed by atoms with van der Waals surface area (Å²) in [6, 6.07) is 0. The van der Waals surface area contributed by atoms with Crippen LogP contribution in [-0.4, -0.2) is 40.6 Å². The highest BCUT2D eigenvalue weighted by Gasteiger charge is 2.34. The third-order valence-electron chi connectivity index (χ3n) is 4.89. The van der Waals surface area contributed by atoms with Crippen molar-refractivity contribution in [1.29, 1.82) is 0 Å². The first kappa shape index (κ1) is 18.6. The molecule has 1 heterocycles. The molecule has 2 rings (SSSR count). The number of hydrogen-bond acceptors (Lipinski definition) is 4. The van der Waals surface area contributed by atoms with Gasteiger partial charge in [-0.1, -0.05) is 27.2 Å². The minimum Gasteiger partial charge on any atom is -0.374 e. The van der Waals surface area contributed by atoms with E-state index in [2.05, 4.69) is 25.7 Å². The Labute approximate surface area is 145 Å². The molecule has 0 unspecified atom stereocenters. The van der Waals surface area contributed by atoms with Crippen LogP contribution in [-0.2, 0) is 9.59 Å². The lowest BCUT2D eigenvalue weighted by Gasteiger charge is -2.29. The normalized spacial score (nSPS) is 23.5. The molecule has 1 saturated heterocycles.